The van der Waals surface area contributed by atoms with Crippen molar-refractivity contribution in [1.82, 2.24) is 4.72 Å². The molecular weight excluding hydrogens is 394 g/mol. The van der Waals surface area contributed by atoms with Crippen molar-refractivity contribution in [1.29, 1.82) is 0 Å². The number of rotatable bonds is 9. The number of carboxylic acids is 1. The zero-order valence-electron chi connectivity index (χ0n) is 16.2. The average Bonchev–Trinajstić information content (AvgIpc) is 2.62. The molecule has 0 spiro atoms. The lowest BCUT2D eigenvalue weighted by molar-refractivity contribution is -0.144. The average molecular weight is 420 g/mol. The molecule has 0 saturated carbocycles. The SMILES string of the molecule is CC(C)C(C(=O)O)C(C)C=C(Cl)C(NS)c1cccc(Oc2ccccc2)c1. The Balaban J connectivity index is 2.24. The van der Waals surface area contributed by atoms with Gasteiger partial charge in [0.25, 0.3) is 0 Å². The molecular formula is C22H26ClNO3S. The molecule has 2 rings (SSSR count). The van der Waals surface area contributed by atoms with Crippen LogP contribution in [0.15, 0.2) is 65.7 Å². The van der Waals surface area contributed by atoms with Crippen LogP contribution < -0.4 is 9.46 Å². The Bertz CT molecular complexity index is 810. The number of carbonyl (C=O) groups is 1. The van der Waals surface area contributed by atoms with Crippen LogP contribution in [0.4, 0.5) is 0 Å². The lowest BCUT2D eigenvalue weighted by Crippen LogP contribution is -2.26. The normalized spacial score (nSPS) is 15.1. The molecule has 0 saturated heterocycles. The van der Waals surface area contributed by atoms with Gasteiger partial charge in [-0.1, -0.05) is 81.6 Å². The first kappa shape index (κ1) is 22.3. The Morgan fingerprint density at radius 2 is 1.75 bits per heavy atom. The van der Waals surface area contributed by atoms with Crippen LogP contribution in [0, 0.1) is 17.8 Å². The number of nitrogens with one attached hydrogen (secondary N) is 1. The topological polar surface area (TPSA) is 58.6 Å². The van der Waals surface area contributed by atoms with Crippen molar-refractivity contribution < 1.29 is 14.6 Å². The molecule has 0 amide bonds. The van der Waals surface area contributed by atoms with Gasteiger partial charge in [-0.3, -0.25) is 9.52 Å². The maximum atomic E-state index is 11.6. The first-order valence-corrected chi connectivity index (χ1v) is 9.98. The number of allylic oxidation sites excluding steroid dienone is 1. The second-order valence-corrected chi connectivity index (χ2v) is 7.76. The van der Waals surface area contributed by atoms with Gasteiger partial charge < -0.3 is 9.84 Å². The van der Waals surface area contributed by atoms with Gasteiger partial charge in [0.05, 0.1) is 12.0 Å². The Kier molecular flexibility index (Phi) is 8.42. The third kappa shape index (κ3) is 6.03. The Morgan fingerprint density at radius 1 is 1.11 bits per heavy atom. The van der Waals surface area contributed by atoms with Gasteiger partial charge in [-0.2, -0.15) is 0 Å². The van der Waals surface area contributed by atoms with Crippen LogP contribution in [0.2, 0.25) is 0 Å². The van der Waals surface area contributed by atoms with E-state index in [0.717, 1.165) is 11.3 Å². The molecule has 150 valence electrons. The van der Waals surface area contributed by atoms with E-state index in [4.69, 9.17) is 16.3 Å². The molecule has 2 aromatic rings. The van der Waals surface area contributed by atoms with Gasteiger partial charge in [-0.15, -0.1) is 0 Å². The highest BCUT2D eigenvalue weighted by Crippen LogP contribution is 2.32. The van der Waals surface area contributed by atoms with Crippen molar-refractivity contribution >= 4 is 30.4 Å². The van der Waals surface area contributed by atoms with Gasteiger partial charge in [-0.05, 0) is 41.7 Å². The van der Waals surface area contributed by atoms with Crippen molar-refractivity contribution in [2.24, 2.45) is 17.8 Å². The molecule has 0 bridgehead atoms. The second kappa shape index (κ2) is 10.6. The molecule has 0 aliphatic rings. The van der Waals surface area contributed by atoms with Crippen LogP contribution in [0.25, 0.3) is 0 Å². The van der Waals surface area contributed by atoms with Crippen LogP contribution in [-0.2, 0) is 4.79 Å². The first-order chi connectivity index (χ1) is 13.3. The van der Waals surface area contributed by atoms with Gasteiger partial charge in [0, 0.05) is 5.03 Å². The molecule has 0 aliphatic heterocycles. The Hall–Kier alpha value is -1.95. The molecule has 2 N–H and O–H groups in total. The summed E-state index contributed by atoms with van der Waals surface area (Å²) in [5.74, 6) is -0.137. The summed E-state index contributed by atoms with van der Waals surface area (Å²) in [6.07, 6.45) is 1.79. The summed E-state index contributed by atoms with van der Waals surface area (Å²) >= 11 is 10.8. The fourth-order valence-corrected chi connectivity index (χ4v) is 3.99. The number of ether oxygens (including phenoxy) is 1. The highest BCUT2D eigenvalue weighted by Gasteiger charge is 2.27. The van der Waals surface area contributed by atoms with Crippen molar-refractivity contribution in [2.45, 2.75) is 26.8 Å². The van der Waals surface area contributed by atoms with Gasteiger partial charge in [-0.25, -0.2) is 0 Å². The van der Waals surface area contributed by atoms with Crippen LogP contribution in [0.1, 0.15) is 32.4 Å². The van der Waals surface area contributed by atoms with Crippen LogP contribution in [0.3, 0.4) is 0 Å². The summed E-state index contributed by atoms with van der Waals surface area (Å²) in [7, 11) is 0. The summed E-state index contributed by atoms with van der Waals surface area (Å²) in [4.78, 5) is 11.6. The van der Waals surface area contributed by atoms with Crippen LogP contribution in [-0.4, -0.2) is 11.1 Å². The lowest BCUT2D eigenvalue weighted by atomic mass is 9.84. The summed E-state index contributed by atoms with van der Waals surface area (Å²) in [5.41, 5.74) is 0.869. The molecule has 0 radical (unpaired) electrons. The van der Waals surface area contributed by atoms with Crippen molar-refractivity contribution in [3.8, 4) is 11.5 Å². The number of carboxylic acid groups (broad SMARTS) is 1. The lowest BCUT2D eigenvalue weighted by Gasteiger charge is -2.23. The van der Waals surface area contributed by atoms with E-state index < -0.39 is 11.9 Å². The van der Waals surface area contributed by atoms with Crippen molar-refractivity contribution in [3.63, 3.8) is 0 Å². The van der Waals surface area contributed by atoms with Crippen LogP contribution in [0.5, 0.6) is 11.5 Å². The minimum absolute atomic E-state index is 0.00164. The van der Waals surface area contributed by atoms with E-state index in [0.29, 0.717) is 10.8 Å². The zero-order valence-corrected chi connectivity index (χ0v) is 17.8. The predicted octanol–water partition coefficient (Wildman–Crippen LogP) is 6.07. The maximum absolute atomic E-state index is 11.6. The van der Waals surface area contributed by atoms with E-state index in [-0.39, 0.29) is 17.9 Å². The molecule has 0 heterocycles. The number of benzene rings is 2. The monoisotopic (exact) mass is 419 g/mol. The quantitative estimate of drug-likeness (QED) is 0.432. The number of thiol groups is 1. The first-order valence-electron chi connectivity index (χ1n) is 9.16. The van der Waals surface area contributed by atoms with Gasteiger partial charge in [0.2, 0.25) is 0 Å². The summed E-state index contributed by atoms with van der Waals surface area (Å²) in [6.45, 7) is 5.66. The van der Waals surface area contributed by atoms with E-state index >= 15 is 0 Å². The molecule has 0 fully saturated rings. The standard InChI is InChI=1S/C22H26ClNO3S/c1-14(2)20(22(25)26)15(3)12-19(23)21(24-28)16-8-7-11-18(13-16)27-17-9-5-4-6-10-17/h4-15,20-21,24,28H,1-3H3,(H,25,26). The van der Waals surface area contributed by atoms with Crippen LogP contribution >= 0.6 is 24.4 Å². The number of hydrogen-bond acceptors (Lipinski definition) is 4. The fourth-order valence-electron chi connectivity index (χ4n) is 3.25. The third-order valence-corrected chi connectivity index (χ3v) is 5.17. The summed E-state index contributed by atoms with van der Waals surface area (Å²) in [6, 6.07) is 16.7. The second-order valence-electron chi connectivity index (χ2n) is 7.07. The number of hydrogen-bond donors (Lipinski definition) is 3. The maximum Gasteiger partial charge on any atom is 0.307 e. The highest BCUT2D eigenvalue weighted by molar-refractivity contribution is 7.78. The molecule has 3 atom stereocenters. The molecule has 3 unspecified atom stereocenters. The van der Waals surface area contributed by atoms with Gasteiger partial charge in [0.15, 0.2) is 0 Å². The summed E-state index contributed by atoms with van der Waals surface area (Å²) < 4.78 is 8.79. The number of aliphatic carboxylic acids is 1. The van der Waals surface area contributed by atoms with Crippen molar-refractivity contribution in [2.75, 3.05) is 0 Å². The molecule has 4 nitrogen and oxygen atoms in total. The smallest absolute Gasteiger partial charge is 0.307 e. The molecule has 2 aromatic carbocycles. The van der Waals surface area contributed by atoms with E-state index in [2.05, 4.69) is 17.5 Å². The number of para-hydroxylation sites is 1. The third-order valence-electron chi connectivity index (χ3n) is 4.57. The van der Waals surface area contributed by atoms with E-state index in [1.54, 1.807) is 6.08 Å². The van der Waals surface area contributed by atoms with Gasteiger partial charge >= 0.3 is 5.97 Å². The van der Waals surface area contributed by atoms with Crippen molar-refractivity contribution in [3.05, 3.63) is 71.3 Å². The molecule has 28 heavy (non-hydrogen) atoms. The largest absolute Gasteiger partial charge is 0.481 e. The highest BCUT2D eigenvalue weighted by atomic mass is 35.5. The molecule has 6 heteroatoms. The van der Waals surface area contributed by atoms with E-state index in [9.17, 15) is 9.90 Å². The van der Waals surface area contributed by atoms with E-state index in [1.165, 1.54) is 0 Å². The predicted molar refractivity (Wildman–Crippen MR) is 117 cm³/mol. The van der Waals surface area contributed by atoms with Gasteiger partial charge in [0.1, 0.15) is 11.5 Å². The molecule has 0 aromatic heterocycles. The Labute approximate surface area is 177 Å². The summed E-state index contributed by atoms with van der Waals surface area (Å²) in [5, 5.41) is 9.99. The fraction of sp³-hybridized carbons (Fsp3) is 0.318. The number of halogens is 1. The minimum atomic E-state index is -0.822. The van der Waals surface area contributed by atoms with E-state index in [1.807, 2.05) is 75.4 Å². The zero-order chi connectivity index (χ0) is 20.7. The Morgan fingerprint density at radius 3 is 2.32 bits per heavy atom. The molecule has 0 aliphatic carbocycles. The minimum Gasteiger partial charge on any atom is -0.481 e.